The number of benzene rings is 2. The second-order valence-corrected chi connectivity index (χ2v) is 6.42. The SMILES string of the molecule is Cl.N[C@H](Cc1cc(F)ccc1F)[C@@H](O)CN1CCc2ccccc2C1. The highest BCUT2D eigenvalue weighted by Crippen LogP contribution is 2.19. The number of aliphatic hydroxyl groups is 1. The normalized spacial score (nSPS) is 16.6. The third-order valence-electron chi connectivity index (χ3n) is 4.61. The van der Waals surface area contributed by atoms with E-state index in [1.165, 1.54) is 11.1 Å². The van der Waals surface area contributed by atoms with Crippen LogP contribution in [0.15, 0.2) is 42.5 Å². The van der Waals surface area contributed by atoms with Gasteiger partial charge in [0.05, 0.1) is 6.10 Å². The number of nitrogens with two attached hydrogens (primary N) is 1. The minimum absolute atomic E-state index is 0. The number of nitrogens with zero attached hydrogens (tertiary/aromatic N) is 1. The van der Waals surface area contributed by atoms with Crippen LogP contribution in [0.3, 0.4) is 0 Å². The lowest BCUT2D eigenvalue weighted by Crippen LogP contribution is -2.46. The Morgan fingerprint density at radius 3 is 2.60 bits per heavy atom. The summed E-state index contributed by atoms with van der Waals surface area (Å²) in [6, 6.07) is 10.9. The van der Waals surface area contributed by atoms with Crippen LogP contribution in [0.1, 0.15) is 16.7 Å². The molecule has 3 nitrogen and oxygen atoms in total. The van der Waals surface area contributed by atoms with Crippen LogP contribution in [-0.2, 0) is 19.4 Å². The van der Waals surface area contributed by atoms with Crippen LogP contribution in [0, 0.1) is 11.6 Å². The molecule has 0 aromatic heterocycles. The van der Waals surface area contributed by atoms with Gasteiger partial charge in [0.2, 0.25) is 0 Å². The van der Waals surface area contributed by atoms with E-state index in [2.05, 4.69) is 17.0 Å². The number of halogens is 3. The van der Waals surface area contributed by atoms with Crippen molar-refractivity contribution in [3.63, 3.8) is 0 Å². The molecule has 0 amide bonds. The van der Waals surface area contributed by atoms with Gasteiger partial charge in [-0.1, -0.05) is 24.3 Å². The lowest BCUT2D eigenvalue weighted by atomic mass is 9.98. The number of hydrogen-bond donors (Lipinski definition) is 2. The van der Waals surface area contributed by atoms with Crippen molar-refractivity contribution in [2.24, 2.45) is 5.73 Å². The Morgan fingerprint density at radius 2 is 1.84 bits per heavy atom. The van der Waals surface area contributed by atoms with Gasteiger partial charge < -0.3 is 10.8 Å². The maximum atomic E-state index is 13.7. The fourth-order valence-corrected chi connectivity index (χ4v) is 3.20. The summed E-state index contributed by atoms with van der Waals surface area (Å²) in [5.41, 5.74) is 8.82. The van der Waals surface area contributed by atoms with Crippen molar-refractivity contribution < 1.29 is 13.9 Å². The van der Waals surface area contributed by atoms with E-state index in [-0.39, 0.29) is 24.4 Å². The first-order chi connectivity index (χ1) is 11.5. The Kier molecular flexibility index (Phi) is 6.90. The third-order valence-corrected chi connectivity index (χ3v) is 4.61. The Morgan fingerprint density at radius 1 is 1.12 bits per heavy atom. The van der Waals surface area contributed by atoms with Gasteiger partial charge in [0, 0.05) is 25.7 Å². The van der Waals surface area contributed by atoms with Crippen LogP contribution < -0.4 is 5.73 Å². The molecule has 3 rings (SSSR count). The van der Waals surface area contributed by atoms with E-state index in [1.807, 2.05) is 12.1 Å². The molecule has 3 N–H and O–H groups in total. The van der Waals surface area contributed by atoms with Crippen molar-refractivity contribution in [2.45, 2.75) is 31.5 Å². The lowest BCUT2D eigenvalue weighted by Gasteiger charge is -2.32. The molecule has 1 heterocycles. The number of fused-ring (bicyclic) bond motifs is 1. The van der Waals surface area contributed by atoms with E-state index < -0.39 is 23.8 Å². The van der Waals surface area contributed by atoms with E-state index in [0.717, 1.165) is 37.7 Å². The summed E-state index contributed by atoms with van der Waals surface area (Å²) >= 11 is 0. The number of β-amino-alcohol motifs (C(OH)–C–C–N with tert-alkyl or cyclic N) is 1. The van der Waals surface area contributed by atoms with Crippen LogP contribution in [0.4, 0.5) is 8.78 Å². The zero-order chi connectivity index (χ0) is 17.1. The molecule has 2 aromatic rings. The van der Waals surface area contributed by atoms with E-state index >= 15 is 0 Å². The highest BCUT2D eigenvalue weighted by Gasteiger charge is 2.23. The van der Waals surface area contributed by atoms with Gasteiger partial charge in [0.25, 0.3) is 0 Å². The molecule has 2 atom stereocenters. The van der Waals surface area contributed by atoms with Crippen LogP contribution in [-0.4, -0.2) is 35.2 Å². The van der Waals surface area contributed by atoms with Crippen LogP contribution in [0.25, 0.3) is 0 Å². The zero-order valence-corrected chi connectivity index (χ0v) is 14.7. The maximum absolute atomic E-state index is 13.7. The van der Waals surface area contributed by atoms with Crippen molar-refractivity contribution in [3.8, 4) is 0 Å². The molecule has 0 unspecified atom stereocenters. The van der Waals surface area contributed by atoms with Crippen molar-refractivity contribution in [3.05, 3.63) is 70.8 Å². The number of aliphatic hydroxyl groups excluding tert-OH is 1. The van der Waals surface area contributed by atoms with E-state index in [1.54, 1.807) is 0 Å². The quantitative estimate of drug-likeness (QED) is 0.853. The second kappa shape index (κ2) is 8.72. The van der Waals surface area contributed by atoms with Crippen molar-refractivity contribution in [1.82, 2.24) is 4.90 Å². The molecular formula is C19H23ClF2N2O. The van der Waals surface area contributed by atoms with Gasteiger partial charge in [0.1, 0.15) is 11.6 Å². The summed E-state index contributed by atoms with van der Waals surface area (Å²) in [6.45, 7) is 2.05. The Labute approximate surface area is 152 Å². The molecule has 6 heteroatoms. The van der Waals surface area contributed by atoms with E-state index in [0.29, 0.717) is 6.54 Å². The molecule has 0 aliphatic carbocycles. The molecule has 0 saturated heterocycles. The summed E-state index contributed by atoms with van der Waals surface area (Å²) in [6.07, 6.45) is 0.254. The summed E-state index contributed by atoms with van der Waals surface area (Å²) in [5.74, 6) is -0.994. The monoisotopic (exact) mass is 368 g/mol. The van der Waals surface area contributed by atoms with Crippen molar-refractivity contribution >= 4 is 12.4 Å². The summed E-state index contributed by atoms with van der Waals surface area (Å²) < 4.78 is 26.9. The van der Waals surface area contributed by atoms with Gasteiger partial charge in [-0.2, -0.15) is 0 Å². The van der Waals surface area contributed by atoms with Gasteiger partial charge in [-0.3, -0.25) is 4.90 Å². The summed E-state index contributed by atoms with van der Waals surface area (Å²) in [4.78, 5) is 2.15. The average molecular weight is 369 g/mol. The largest absolute Gasteiger partial charge is 0.390 e. The Bertz CT molecular complexity index is 714. The summed E-state index contributed by atoms with van der Waals surface area (Å²) in [7, 11) is 0. The summed E-state index contributed by atoms with van der Waals surface area (Å²) in [5, 5.41) is 10.4. The van der Waals surface area contributed by atoms with Gasteiger partial charge in [-0.05, 0) is 47.7 Å². The molecule has 0 radical (unpaired) electrons. The molecule has 0 spiro atoms. The second-order valence-electron chi connectivity index (χ2n) is 6.42. The molecule has 1 aliphatic heterocycles. The Hall–Kier alpha value is -1.53. The fourth-order valence-electron chi connectivity index (χ4n) is 3.20. The molecular weight excluding hydrogens is 346 g/mol. The molecule has 136 valence electrons. The van der Waals surface area contributed by atoms with E-state index in [9.17, 15) is 13.9 Å². The number of hydrogen-bond acceptors (Lipinski definition) is 3. The molecule has 0 fully saturated rings. The maximum Gasteiger partial charge on any atom is 0.126 e. The molecule has 2 aromatic carbocycles. The van der Waals surface area contributed by atoms with Crippen LogP contribution in [0.5, 0.6) is 0 Å². The average Bonchev–Trinajstić information content (AvgIpc) is 2.58. The first-order valence-electron chi connectivity index (χ1n) is 8.19. The first kappa shape index (κ1) is 19.8. The van der Waals surface area contributed by atoms with Crippen LogP contribution in [0.2, 0.25) is 0 Å². The lowest BCUT2D eigenvalue weighted by molar-refractivity contribution is 0.0847. The zero-order valence-electron chi connectivity index (χ0n) is 13.9. The topological polar surface area (TPSA) is 49.5 Å². The van der Waals surface area contributed by atoms with Crippen molar-refractivity contribution in [2.75, 3.05) is 13.1 Å². The van der Waals surface area contributed by atoms with Gasteiger partial charge in [0.15, 0.2) is 0 Å². The molecule has 25 heavy (non-hydrogen) atoms. The number of rotatable bonds is 5. The minimum Gasteiger partial charge on any atom is -0.390 e. The van der Waals surface area contributed by atoms with E-state index in [4.69, 9.17) is 5.73 Å². The minimum atomic E-state index is -0.794. The standard InChI is InChI=1S/C19H22F2N2O.ClH/c20-16-5-6-17(21)15(9-16)10-18(22)19(24)12-23-8-7-13-3-1-2-4-14(13)11-23;/h1-6,9,18-19,24H,7-8,10-12,22H2;1H/t18-,19+;/m1./s1. The van der Waals surface area contributed by atoms with Crippen LogP contribution >= 0.6 is 12.4 Å². The highest BCUT2D eigenvalue weighted by atomic mass is 35.5. The molecule has 0 bridgehead atoms. The molecule has 0 saturated carbocycles. The van der Waals surface area contributed by atoms with Gasteiger partial charge in [-0.25, -0.2) is 8.78 Å². The smallest absolute Gasteiger partial charge is 0.126 e. The first-order valence-corrected chi connectivity index (χ1v) is 8.19. The Balaban J connectivity index is 0.00000225. The van der Waals surface area contributed by atoms with Gasteiger partial charge in [-0.15, -0.1) is 12.4 Å². The third kappa shape index (κ3) is 4.98. The fraction of sp³-hybridized carbons (Fsp3) is 0.368. The predicted octanol–water partition coefficient (Wildman–Crippen LogP) is 2.68. The predicted molar refractivity (Wildman–Crippen MR) is 96.7 cm³/mol. The molecule has 1 aliphatic rings. The van der Waals surface area contributed by atoms with Gasteiger partial charge >= 0.3 is 0 Å². The van der Waals surface area contributed by atoms with Crippen molar-refractivity contribution in [1.29, 1.82) is 0 Å². The highest BCUT2D eigenvalue weighted by molar-refractivity contribution is 5.85.